The van der Waals surface area contributed by atoms with Crippen LogP contribution >= 0.6 is 35.8 Å². The molecule has 104 valence electrons. The molecule has 0 amide bonds. The van der Waals surface area contributed by atoms with Crippen LogP contribution in [0.15, 0.2) is 36.7 Å². The fraction of sp³-hybridized carbons (Fsp3) is 0.357. The lowest BCUT2D eigenvalue weighted by atomic mass is 10.2. The van der Waals surface area contributed by atoms with Gasteiger partial charge in [0.2, 0.25) is 0 Å². The van der Waals surface area contributed by atoms with E-state index in [-0.39, 0.29) is 12.4 Å². The summed E-state index contributed by atoms with van der Waals surface area (Å²) in [7, 11) is 0. The van der Waals surface area contributed by atoms with E-state index >= 15 is 0 Å². The van der Waals surface area contributed by atoms with Crippen LogP contribution in [0.4, 0.5) is 0 Å². The molecule has 0 unspecified atom stereocenters. The number of benzene rings is 1. The normalized spacial score (nSPS) is 10.2. The number of aromatic nitrogens is 2. The van der Waals surface area contributed by atoms with Gasteiger partial charge >= 0.3 is 0 Å². The highest BCUT2D eigenvalue weighted by Crippen LogP contribution is 2.17. The van der Waals surface area contributed by atoms with E-state index in [0.717, 1.165) is 23.7 Å². The molecule has 0 aliphatic rings. The molecule has 19 heavy (non-hydrogen) atoms. The van der Waals surface area contributed by atoms with Crippen molar-refractivity contribution >= 4 is 35.8 Å². The zero-order chi connectivity index (χ0) is 12.8. The van der Waals surface area contributed by atoms with E-state index in [1.807, 2.05) is 24.2 Å². The number of aryl methyl sites for hydroxylation is 1. The molecule has 0 aliphatic heterocycles. The van der Waals surface area contributed by atoms with Gasteiger partial charge in [-0.05, 0) is 12.5 Å². The molecule has 0 fully saturated rings. The van der Waals surface area contributed by atoms with Gasteiger partial charge in [0.1, 0.15) is 0 Å². The van der Waals surface area contributed by atoms with Gasteiger partial charge in [0.25, 0.3) is 0 Å². The van der Waals surface area contributed by atoms with Gasteiger partial charge in [-0.3, -0.25) is 0 Å². The van der Waals surface area contributed by atoms with Gasteiger partial charge in [0.05, 0.1) is 17.7 Å². The van der Waals surface area contributed by atoms with Crippen molar-refractivity contribution in [1.29, 1.82) is 0 Å². The van der Waals surface area contributed by atoms with Crippen molar-refractivity contribution in [3.63, 3.8) is 0 Å². The quantitative estimate of drug-likeness (QED) is 0.589. The van der Waals surface area contributed by atoms with Crippen molar-refractivity contribution in [3.05, 3.63) is 53.6 Å². The zero-order valence-corrected chi connectivity index (χ0v) is 13.3. The van der Waals surface area contributed by atoms with E-state index in [2.05, 4.69) is 40.7 Å². The maximum Gasteiger partial charge on any atom is 0.0954 e. The van der Waals surface area contributed by atoms with Crippen LogP contribution < -0.4 is 0 Å². The van der Waals surface area contributed by atoms with Crippen molar-refractivity contribution in [3.8, 4) is 0 Å². The topological polar surface area (TPSA) is 17.8 Å². The number of alkyl halides is 1. The van der Waals surface area contributed by atoms with E-state index in [1.165, 1.54) is 11.3 Å². The highest BCUT2D eigenvalue weighted by atomic mass is 35.5. The molecule has 0 bridgehead atoms. The van der Waals surface area contributed by atoms with E-state index in [1.54, 1.807) is 0 Å². The third-order valence-corrected chi connectivity index (χ3v) is 4.19. The Balaban J connectivity index is 0.00000180. The summed E-state index contributed by atoms with van der Waals surface area (Å²) >= 11 is 7.56. The van der Waals surface area contributed by atoms with Gasteiger partial charge in [-0.25, -0.2) is 4.98 Å². The minimum Gasteiger partial charge on any atom is -0.329 e. The van der Waals surface area contributed by atoms with Crippen LogP contribution in [-0.2, 0) is 12.3 Å². The number of nitrogens with zero attached hydrogens (tertiary/aromatic N) is 2. The Morgan fingerprint density at radius 3 is 2.68 bits per heavy atom. The lowest BCUT2D eigenvalue weighted by Crippen LogP contribution is -2.03. The smallest absolute Gasteiger partial charge is 0.0954 e. The first-order chi connectivity index (χ1) is 8.81. The first-order valence-corrected chi connectivity index (χ1v) is 7.68. The summed E-state index contributed by atoms with van der Waals surface area (Å²) in [6.07, 6.45) is 1.93. The molecular formula is C14H18Cl2N2S. The molecule has 1 heterocycles. The average molecular weight is 317 g/mol. The van der Waals surface area contributed by atoms with Crippen molar-refractivity contribution in [1.82, 2.24) is 9.55 Å². The fourth-order valence-corrected chi connectivity index (χ4v) is 2.98. The van der Waals surface area contributed by atoms with Crippen LogP contribution in [0.3, 0.4) is 0 Å². The van der Waals surface area contributed by atoms with E-state index in [0.29, 0.717) is 5.88 Å². The van der Waals surface area contributed by atoms with Crippen LogP contribution in [0.25, 0.3) is 0 Å². The number of hydrogen-bond donors (Lipinski definition) is 0. The van der Waals surface area contributed by atoms with Crippen molar-refractivity contribution in [2.75, 3.05) is 11.6 Å². The molecule has 2 rings (SSSR count). The summed E-state index contributed by atoms with van der Waals surface area (Å²) in [5.74, 6) is 2.67. The standard InChI is InChI=1S/C14H17ClN2S.ClH/c1-12-14(10-18-8-7-15)17(11-16-12)9-13-5-3-2-4-6-13;/h2-6,11H,7-10H2,1H3;1H. The van der Waals surface area contributed by atoms with Gasteiger partial charge in [-0.1, -0.05) is 30.3 Å². The lowest BCUT2D eigenvalue weighted by molar-refractivity contribution is 0.764. The molecule has 0 saturated heterocycles. The van der Waals surface area contributed by atoms with E-state index in [4.69, 9.17) is 11.6 Å². The molecule has 0 radical (unpaired) electrons. The first kappa shape index (κ1) is 16.4. The van der Waals surface area contributed by atoms with Gasteiger partial charge in [0, 0.05) is 23.9 Å². The van der Waals surface area contributed by atoms with Crippen molar-refractivity contribution in [2.45, 2.75) is 19.2 Å². The van der Waals surface area contributed by atoms with Gasteiger partial charge in [0.15, 0.2) is 0 Å². The van der Waals surface area contributed by atoms with Crippen LogP contribution in [-0.4, -0.2) is 21.2 Å². The number of rotatable bonds is 6. The summed E-state index contributed by atoms with van der Waals surface area (Å²) in [4.78, 5) is 4.41. The number of hydrogen-bond acceptors (Lipinski definition) is 2. The molecule has 0 spiro atoms. The Bertz CT molecular complexity index is 485. The van der Waals surface area contributed by atoms with Crippen LogP contribution in [0.5, 0.6) is 0 Å². The van der Waals surface area contributed by atoms with Gasteiger partial charge in [-0.15, -0.1) is 24.0 Å². The van der Waals surface area contributed by atoms with E-state index in [9.17, 15) is 0 Å². The molecule has 1 aromatic heterocycles. The summed E-state index contributed by atoms with van der Waals surface area (Å²) in [5.41, 5.74) is 3.72. The lowest BCUT2D eigenvalue weighted by Gasteiger charge is -2.09. The molecule has 0 N–H and O–H groups in total. The average Bonchev–Trinajstić information content (AvgIpc) is 2.73. The SMILES string of the molecule is Cc1ncn(Cc2ccccc2)c1CSCCCl.Cl. The second kappa shape index (κ2) is 8.51. The largest absolute Gasteiger partial charge is 0.329 e. The summed E-state index contributed by atoms with van der Waals surface area (Å²) in [6.45, 7) is 2.95. The maximum atomic E-state index is 5.71. The highest BCUT2D eigenvalue weighted by molar-refractivity contribution is 7.98. The second-order valence-electron chi connectivity index (χ2n) is 4.13. The van der Waals surface area contributed by atoms with Crippen LogP contribution in [0, 0.1) is 6.92 Å². The Morgan fingerprint density at radius 1 is 1.26 bits per heavy atom. The number of imidazole rings is 1. The summed E-state index contributed by atoms with van der Waals surface area (Å²) < 4.78 is 2.23. The number of halogens is 2. The Morgan fingerprint density at radius 2 is 2.00 bits per heavy atom. The molecule has 0 atom stereocenters. The van der Waals surface area contributed by atoms with Crippen molar-refractivity contribution in [2.24, 2.45) is 0 Å². The highest BCUT2D eigenvalue weighted by Gasteiger charge is 2.07. The summed E-state index contributed by atoms with van der Waals surface area (Å²) in [5, 5.41) is 0. The molecule has 5 heteroatoms. The monoisotopic (exact) mass is 316 g/mol. The molecule has 2 aromatic rings. The van der Waals surface area contributed by atoms with E-state index < -0.39 is 0 Å². The predicted molar refractivity (Wildman–Crippen MR) is 86.6 cm³/mol. The van der Waals surface area contributed by atoms with Gasteiger partial charge < -0.3 is 4.57 Å². The molecule has 2 nitrogen and oxygen atoms in total. The zero-order valence-electron chi connectivity index (χ0n) is 10.9. The van der Waals surface area contributed by atoms with Crippen LogP contribution in [0.2, 0.25) is 0 Å². The molecule has 0 saturated carbocycles. The Hall–Kier alpha value is -0.640. The Kier molecular flexibility index (Phi) is 7.36. The maximum absolute atomic E-state index is 5.71. The van der Waals surface area contributed by atoms with Gasteiger partial charge in [-0.2, -0.15) is 11.8 Å². The third kappa shape index (κ3) is 4.75. The van der Waals surface area contributed by atoms with Crippen molar-refractivity contribution < 1.29 is 0 Å². The fourth-order valence-electron chi connectivity index (χ4n) is 1.84. The molecular weight excluding hydrogens is 299 g/mol. The predicted octanol–water partition coefficient (Wildman–Crippen LogP) is 4.13. The molecule has 0 aliphatic carbocycles. The van der Waals surface area contributed by atoms with Crippen LogP contribution in [0.1, 0.15) is 17.0 Å². The first-order valence-electron chi connectivity index (χ1n) is 5.99. The molecule has 1 aromatic carbocycles. The third-order valence-electron chi connectivity index (χ3n) is 2.81. The summed E-state index contributed by atoms with van der Waals surface area (Å²) in [6, 6.07) is 10.5. The second-order valence-corrected chi connectivity index (χ2v) is 5.61. The Labute approximate surface area is 130 Å². The number of thioether (sulfide) groups is 1. The minimum absolute atomic E-state index is 0. The minimum atomic E-state index is 0.